The number of methoxy groups -OCH3 is 2. The first kappa shape index (κ1) is 26.8. The molecule has 1 heterocycles. The fourth-order valence-electron chi connectivity index (χ4n) is 4.35. The van der Waals surface area contributed by atoms with E-state index in [2.05, 4.69) is 5.32 Å². The van der Waals surface area contributed by atoms with Crippen LogP contribution in [-0.4, -0.2) is 49.7 Å². The van der Waals surface area contributed by atoms with E-state index in [0.717, 1.165) is 37.0 Å². The number of hydrogen-bond donors (Lipinski definition) is 1. The fourth-order valence-corrected chi connectivity index (χ4v) is 5.34. The maximum atomic E-state index is 13.7. The number of halogens is 3. The molecule has 0 spiro atoms. The van der Waals surface area contributed by atoms with Gasteiger partial charge in [0.1, 0.15) is 6.04 Å². The molecule has 0 radical (unpaired) electrons. The predicted molar refractivity (Wildman–Crippen MR) is 128 cm³/mol. The minimum Gasteiger partial charge on any atom is -0.493 e. The first-order chi connectivity index (χ1) is 16.6. The summed E-state index contributed by atoms with van der Waals surface area (Å²) < 4.78 is 51.6. The monoisotopic (exact) mass is 512 g/mol. The van der Waals surface area contributed by atoms with Crippen molar-refractivity contribution >= 4 is 23.2 Å². The van der Waals surface area contributed by atoms with Crippen LogP contribution in [0.15, 0.2) is 30.3 Å². The quantitative estimate of drug-likeness (QED) is 0.502. The van der Waals surface area contributed by atoms with Crippen molar-refractivity contribution in [1.29, 1.82) is 0 Å². The Hall–Kier alpha value is -2.75. The number of aryl methyl sites for hydroxylation is 1. The van der Waals surface area contributed by atoms with Crippen LogP contribution >= 0.6 is 11.3 Å². The van der Waals surface area contributed by atoms with Crippen molar-refractivity contribution < 1.29 is 32.2 Å². The lowest BCUT2D eigenvalue weighted by Gasteiger charge is -2.33. The van der Waals surface area contributed by atoms with Crippen LogP contribution in [0.2, 0.25) is 0 Å². The van der Waals surface area contributed by atoms with Gasteiger partial charge in [-0.2, -0.15) is 13.2 Å². The number of hydrogen-bond acceptors (Lipinski definition) is 5. The number of alkyl halides is 3. The van der Waals surface area contributed by atoms with E-state index in [1.54, 1.807) is 30.3 Å². The van der Waals surface area contributed by atoms with Gasteiger partial charge >= 0.3 is 12.1 Å². The number of carbonyl (C=O) groups excluding carboxylic acids is 2. The molecular formula is C25H31F3N2O4S. The molecule has 1 fully saturated rings. The summed E-state index contributed by atoms with van der Waals surface area (Å²) >= 11 is 1.22. The molecule has 0 aliphatic heterocycles. The number of amides is 2. The minimum atomic E-state index is -5.12. The van der Waals surface area contributed by atoms with Crippen molar-refractivity contribution in [2.75, 3.05) is 20.8 Å². The number of benzene rings is 1. The first-order valence-electron chi connectivity index (χ1n) is 11.6. The Labute approximate surface area is 207 Å². The van der Waals surface area contributed by atoms with Gasteiger partial charge in [0, 0.05) is 22.3 Å². The molecule has 2 amide bonds. The van der Waals surface area contributed by atoms with Crippen LogP contribution < -0.4 is 14.8 Å². The standard InChI is InChI=1S/C25H31F3N2O4S/c1-16-9-12-21(35-16)22(23(31)29-18-7-5-4-6-8-18)30(24(32)25(26,27)28)14-13-17-10-11-19(33-2)20(15-17)34-3/h9-12,15,18,22H,4-8,13-14H2,1-3H3,(H,29,31)/t22-/m0/s1. The average Bonchev–Trinajstić information content (AvgIpc) is 3.26. The van der Waals surface area contributed by atoms with Gasteiger partial charge in [-0.1, -0.05) is 25.3 Å². The van der Waals surface area contributed by atoms with Crippen LogP contribution in [0.3, 0.4) is 0 Å². The number of rotatable bonds is 9. The van der Waals surface area contributed by atoms with Crippen molar-refractivity contribution in [2.24, 2.45) is 0 Å². The normalized spacial score (nSPS) is 15.4. The molecule has 0 unspecified atom stereocenters. The molecule has 1 aromatic heterocycles. The number of carbonyl (C=O) groups is 2. The summed E-state index contributed by atoms with van der Waals surface area (Å²) in [6, 6.07) is 6.90. The van der Waals surface area contributed by atoms with E-state index < -0.39 is 24.0 Å². The third kappa shape index (κ3) is 6.90. The highest BCUT2D eigenvalue weighted by Gasteiger charge is 2.47. The molecule has 6 nitrogen and oxygen atoms in total. The highest BCUT2D eigenvalue weighted by molar-refractivity contribution is 7.12. The van der Waals surface area contributed by atoms with E-state index in [4.69, 9.17) is 9.47 Å². The molecule has 1 N–H and O–H groups in total. The van der Waals surface area contributed by atoms with Gasteiger partial charge in [0.25, 0.3) is 0 Å². The average molecular weight is 513 g/mol. The molecule has 0 saturated heterocycles. The predicted octanol–water partition coefficient (Wildman–Crippen LogP) is 5.20. The summed E-state index contributed by atoms with van der Waals surface area (Å²) in [5, 5.41) is 2.91. The number of nitrogens with zero attached hydrogens (tertiary/aromatic N) is 1. The van der Waals surface area contributed by atoms with Crippen molar-refractivity contribution in [3.63, 3.8) is 0 Å². The molecule has 3 rings (SSSR count). The fraction of sp³-hybridized carbons (Fsp3) is 0.520. The Balaban J connectivity index is 1.92. The van der Waals surface area contributed by atoms with E-state index in [9.17, 15) is 22.8 Å². The summed E-state index contributed by atoms with van der Waals surface area (Å²) in [6.45, 7) is 1.51. The van der Waals surface area contributed by atoms with Crippen molar-refractivity contribution in [2.45, 2.75) is 63.7 Å². The molecule has 10 heteroatoms. The van der Waals surface area contributed by atoms with Crippen LogP contribution in [0.25, 0.3) is 0 Å². The van der Waals surface area contributed by atoms with E-state index in [1.807, 2.05) is 6.92 Å². The lowest BCUT2D eigenvalue weighted by atomic mass is 9.95. The van der Waals surface area contributed by atoms with Gasteiger partial charge in [-0.15, -0.1) is 11.3 Å². The van der Waals surface area contributed by atoms with Crippen molar-refractivity contribution in [1.82, 2.24) is 10.2 Å². The lowest BCUT2D eigenvalue weighted by molar-refractivity contribution is -0.188. The SMILES string of the molecule is COc1ccc(CCN(C(=O)C(F)(F)F)[C@H](C(=O)NC2CCCCC2)c2ccc(C)s2)cc1OC. The van der Waals surface area contributed by atoms with Crippen LogP contribution in [0.5, 0.6) is 11.5 Å². The Morgan fingerprint density at radius 2 is 1.77 bits per heavy atom. The zero-order valence-electron chi connectivity index (χ0n) is 20.1. The molecule has 1 aliphatic carbocycles. The largest absolute Gasteiger partial charge is 0.493 e. The molecule has 1 saturated carbocycles. The Bertz CT molecular complexity index is 1020. The number of thiophene rings is 1. The van der Waals surface area contributed by atoms with E-state index in [0.29, 0.717) is 26.8 Å². The summed E-state index contributed by atoms with van der Waals surface area (Å²) in [5.74, 6) is -1.70. The molecule has 2 aromatic rings. The summed E-state index contributed by atoms with van der Waals surface area (Å²) in [7, 11) is 2.95. The zero-order chi connectivity index (χ0) is 25.6. The Morgan fingerprint density at radius 3 is 2.34 bits per heavy atom. The second-order valence-electron chi connectivity index (χ2n) is 8.63. The second kappa shape index (κ2) is 11.8. The highest BCUT2D eigenvalue weighted by Crippen LogP contribution is 2.33. The van der Waals surface area contributed by atoms with Gasteiger partial charge in [0.05, 0.1) is 14.2 Å². The van der Waals surface area contributed by atoms with Gasteiger partial charge in [-0.3, -0.25) is 9.59 Å². The van der Waals surface area contributed by atoms with Crippen molar-refractivity contribution in [3.05, 3.63) is 45.6 Å². The Kier molecular flexibility index (Phi) is 9.04. The van der Waals surface area contributed by atoms with E-state index >= 15 is 0 Å². The van der Waals surface area contributed by atoms with Gasteiger partial charge in [-0.25, -0.2) is 0 Å². The molecular weight excluding hydrogens is 481 g/mol. The Morgan fingerprint density at radius 1 is 1.09 bits per heavy atom. The molecule has 1 atom stereocenters. The molecule has 1 aromatic carbocycles. The minimum absolute atomic E-state index is 0.0970. The van der Waals surface area contributed by atoms with Crippen LogP contribution in [0.1, 0.15) is 53.5 Å². The van der Waals surface area contributed by atoms with E-state index in [1.165, 1.54) is 25.6 Å². The number of ether oxygens (including phenoxy) is 2. The lowest BCUT2D eigenvalue weighted by Crippen LogP contribution is -2.50. The zero-order valence-corrected chi connectivity index (χ0v) is 20.9. The first-order valence-corrected chi connectivity index (χ1v) is 12.4. The van der Waals surface area contributed by atoms with Crippen LogP contribution in [0, 0.1) is 6.92 Å². The van der Waals surface area contributed by atoms with Crippen LogP contribution in [0.4, 0.5) is 13.2 Å². The smallest absolute Gasteiger partial charge is 0.471 e. The maximum Gasteiger partial charge on any atom is 0.471 e. The molecule has 192 valence electrons. The van der Waals surface area contributed by atoms with Crippen LogP contribution in [-0.2, 0) is 16.0 Å². The molecule has 1 aliphatic rings. The third-order valence-electron chi connectivity index (χ3n) is 6.13. The molecule has 0 bridgehead atoms. The van der Waals surface area contributed by atoms with E-state index in [-0.39, 0.29) is 19.0 Å². The van der Waals surface area contributed by atoms with Gasteiger partial charge < -0.3 is 19.7 Å². The van der Waals surface area contributed by atoms with Gasteiger partial charge in [0.15, 0.2) is 11.5 Å². The topological polar surface area (TPSA) is 67.9 Å². The van der Waals surface area contributed by atoms with Crippen molar-refractivity contribution in [3.8, 4) is 11.5 Å². The van der Waals surface area contributed by atoms with Gasteiger partial charge in [0.2, 0.25) is 5.91 Å². The summed E-state index contributed by atoms with van der Waals surface area (Å²) in [4.78, 5) is 27.9. The summed E-state index contributed by atoms with van der Waals surface area (Å²) in [6.07, 6.45) is -0.477. The van der Waals surface area contributed by atoms with Gasteiger partial charge in [-0.05, 0) is 56.0 Å². The maximum absolute atomic E-state index is 13.7. The highest BCUT2D eigenvalue weighted by atomic mass is 32.1. The third-order valence-corrected chi connectivity index (χ3v) is 7.19. The number of nitrogens with one attached hydrogen (secondary N) is 1. The summed E-state index contributed by atoms with van der Waals surface area (Å²) in [5.41, 5.74) is 0.649. The molecule has 35 heavy (non-hydrogen) atoms. The second-order valence-corrected chi connectivity index (χ2v) is 9.95.